The van der Waals surface area contributed by atoms with Crippen LogP contribution >= 0.6 is 0 Å². The Labute approximate surface area is 137 Å². The van der Waals surface area contributed by atoms with E-state index in [1.165, 1.54) is 0 Å². The van der Waals surface area contributed by atoms with Gasteiger partial charge in [0.25, 0.3) is 17.7 Å². The Morgan fingerprint density at radius 2 is 1.29 bits per heavy atom. The maximum atomic E-state index is 12.6. The molecule has 2 heterocycles. The first-order chi connectivity index (χ1) is 11.6. The van der Waals surface area contributed by atoms with Crippen LogP contribution in [0.1, 0.15) is 32.3 Å². The van der Waals surface area contributed by atoms with Crippen LogP contribution in [0, 0.1) is 0 Å². The van der Waals surface area contributed by atoms with Crippen molar-refractivity contribution in [2.24, 2.45) is 0 Å². The van der Waals surface area contributed by atoms with Crippen molar-refractivity contribution < 1.29 is 19.2 Å². The van der Waals surface area contributed by atoms with Crippen LogP contribution < -0.4 is 0 Å². The maximum absolute atomic E-state index is 12.6. The zero-order valence-electron chi connectivity index (χ0n) is 12.5. The van der Waals surface area contributed by atoms with E-state index in [4.69, 9.17) is 0 Å². The number of β-lactam (4-membered cyclic amide) rings is 1. The van der Waals surface area contributed by atoms with Crippen molar-refractivity contribution in [3.63, 3.8) is 0 Å². The summed E-state index contributed by atoms with van der Waals surface area (Å²) >= 11 is 0. The Kier molecular flexibility index (Phi) is 3.06. The fourth-order valence-corrected chi connectivity index (χ4v) is 3.32. The fourth-order valence-electron chi connectivity index (χ4n) is 3.32. The first-order valence-electron chi connectivity index (χ1n) is 7.44. The molecule has 4 amide bonds. The van der Waals surface area contributed by atoms with Gasteiger partial charge in [-0.25, -0.2) is 0 Å². The fraction of sp³-hybridized carbons (Fsp3) is 0.111. The van der Waals surface area contributed by atoms with Crippen molar-refractivity contribution in [2.75, 3.05) is 0 Å². The predicted octanol–water partition coefficient (Wildman–Crippen LogP) is 1.39. The number of carbonyl (C=O) groups excluding carboxylic acids is 4. The summed E-state index contributed by atoms with van der Waals surface area (Å²) < 4.78 is 0. The highest BCUT2D eigenvalue weighted by atomic mass is 16.2. The van der Waals surface area contributed by atoms with Gasteiger partial charge in [0.05, 0.1) is 17.2 Å². The Balaban J connectivity index is 1.76. The van der Waals surface area contributed by atoms with Crippen LogP contribution in [0.2, 0.25) is 0 Å². The molecule has 0 aliphatic carbocycles. The lowest BCUT2D eigenvalue weighted by atomic mass is 9.88. The Bertz CT molecular complexity index is 843. The van der Waals surface area contributed by atoms with Gasteiger partial charge in [0.15, 0.2) is 0 Å². The van der Waals surface area contributed by atoms with Gasteiger partial charge < -0.3 is 0 Å². The summed E-state index contributed by atoms with van der Waals surface area (Å²) in [7, 11) is 0. The normalized spacial score (nSPS) is 22.4. The van der Waals surface area contributed by atoms with Gasteiger partial charge in [-0.05, 0) is 17.7 Å². The van der Waals surface area contributed by atoms with Crippen molar-refractivity contribution in [3.8, 4) is 0 Å². The molecule has 2 aromatic carbocycles. The molecule has 2 aliphatic rings. The molecule has 4 rings (SSSR count). The second-order valence-corrected chi connectivity index (χ2v) is 5.68. The van der Waals surface area contributed by atoms with E-state index in [9.17, 15) is 19.2 Å². The molecular weight excluding hydrogens is 308 g/mol. The monoisotopic (exact) mass is 320 g/mol. The van der Waals surface area contributed by atoms with Gasteiger partial charge in [-0.15, -0.1) is 0 Å². The second kappa shape index (κ2) is 5.13. The number of fused-ring (bicyclic) bond motifs is 1. The van der Waals surface area contributed by atoms with Crippen LogP contribution in [0.4, 0.5) is 0 Å². The number of hydrogen-bond acceptors (Lipinski definition) is 4. The zero-order chi connectivity index (χ0) is 16.8. The van der Waals surface area contributed by atoms with Crippen LogP contribution in [0.5, 0.6) is 0 Å². The molecule has 6 nitrogen and oxygen atoms in total. The van der Waals surface area contributed by atoms with Crippen LogP contribution in [0.25, 0.3) is 0 Å². The summed E-state index contributed by atoms with van der Waals surface area (Å²) in [5.41, 5.74) is 1.27. The topological polar surface area (TPSA) is 74.8 Å². The van der Waals surface area contributed by atoms with Crippen molar-refractivity contribution in [2.45, 2.75) is 12.1 Å². The number of rotatable bonds is 3. The SMILES string of the molecule is O=CN1C(=O)C(N2C(=O)c3ccccc3C2=O)C1c1ccccc1. The third-order valence-corrected chi connectivity index (χ3v) is 4.46. The average molecular weight is 320 g/mol. The van der Waals surface area contributed by atoms with Gasteiger partial charge in [-0.2, -0.15) is 0 Å². The summed E-state index contributed by atoms with van der Waals surface area (Å²) in [5, 5.41) is 0. The van der Waals surface area contributed by atoms with Crippen molar-refractivity contribution in [1.82, 2.24) is 9.80 Å². The molecule has 6 heteroatoms. The molecule has 24 heavy (non-hydrogen) atoms. The molecular formula is C18H12N2O4. The Morgan fingerprint density at radius 3 is 1.83 bits per heavy atom. The molecule has 0 saturated carbocycles. The number of imide groups is 2. The van der Waals surface area contributed by atoms with Gasteiger partial charge in [-0.3, -0.25) is 29.0 Å². The minimum absolute atomic E-state index is 0.284. The lowest BCUT2D eigenvalue weighted by Crippen LogP contribution is -2.66. The number of benzene rings is 2. The van der Waals surface area contributed by atoms with E-state index in [0.29, 0.717) is 12.0 Å². The number of nitrogens with zero attached hydrogens (tertiary/aromatic N) is 2. The summed E-state index contributed by atoms with van der Waals surface area (Å²) in [5.74, 6) is -1.55. The van der Waals surface area contributed by atoms with E-state index in [2.05, 4.69) is 0 Å². The summed E-state index contributed by atoms with van der Waals surface area (Å²) in [6.45, 7) is 0. The van der Waals surface area contributed by atoms with Gasteiger partial charge in [0.2, 0.25) is 6.41 Å². The summed E-state index contributed by atoms with van der Waals surface area (Å²) in [6.07, 6.45) is 0.439. The highest BCUT2D eigenvalue weighted by Crippen LogP contribution is 2.40. The van der Waals surface area contributed by atoms with Crippen LogP contribution in [-0.2, 0) is 9.59 Å². The van der Waals surface area contributed by atoms with Gasteiger partial charge in [0.1, 0.15) is 6.04 Å². The van der Waals surface area contributed by atoms with Gasteiger partial charge >= 0.3 is 0 Å². The molecule has 118 valence electrons. The highest BCUT2D eigenvalue weighted by molar-refractivity contribution is 6.23. The van der Waals surface area contributed by atoms with E-state index in [1.54, 1.807) is 48.5 Å². The second-order valence-electron chi connectivity index (χ2n) is 5.68. The molecule has 2 unspecified atom stereocenters. The Hall–Kier alpha value is -3.28. The summed E-state index contributed by atoms with van der Waals surface area (Å²) in [6, 6.07) is 13.7. The number of likely N-dealkylation sites (tertiary alicyclic amines) is 1. The Morgan fingerprint density at radius 1 is 0.750 bits per heavy atom. The van der Waals surface area contributed by atoms with Crippen molar-refractivity contribution >= 4 is 24.1 Å². The van der Waals surface area contributed by atoms with E-state index >= 15 is 0 Å². The quantitative estimate of drug-likeness (QED) is 0.486. The van der Waals surface area contributed by atoms with E-state index in [1.807, 2.05) is 6.07 Å². The predicted molar refractivity (Wildman–Crippen MR) is 82.8 cm³/mol. The van der Waals surface area contributed by atoms with Crippen LogP contribution in [0.15, 0.2) is 54.6 Å². The van der Waals surface area contributed by atoms with Crippen molar-refractivity contribution in [3.05, 3.63) is 71.3 Å². The van der Waals surface area contributed by atoms with E-state index in [-0.39, 0.29) is 11.1 Å². The molecule has 2 aromatic rings. The number of carbonyl (C=O) groups is 4. The molecule has 2 aliphatic heterocycles. The van der Waals surface area contributed by atoms with Gasteiger partial charge in [-0.1, -0.05) is 42.5 Å². The smallest absolute Gasteiger partial charge is 0.262 e. The first kappa shape index (κ1) is 14.3. The molecule has 1 saturated heterocycles. The van der Waals surface area contributed by atoms with E-state index < -0.39 is 29.8 Å². The lowest BCUT2D eigenvalue weighted by molar-refractivity contribution is -0.160. The molecule has 0 bridgehead atoms. The average Bonchev–Trinajstić information content (AvgIpc) is 2.86. The third-order valence-electron chi connectivity index (χ3n) is 4.46. The molecule has 0 spiro atoms. The molecule has 0 aromatic heterocycles. The van der Waals surface area contributed by atoms with Crippen molar-refractivity contribution in [1.29, 1.82) is 0 Å². The molecule has 1 fully saturated rings. The largest absolute Gasteiger partial charge is 0.278 e. The number of hydrogen-bond donors (Lipinski definition) is 0. The highest BCUT2D eigenvalue weighted by Gasteiger charge is 2.56. The zero-order valence-corrected chi connectivity index (χ0v) is 12.5. The molecule has 2 atom stereocenters. The molecule has 0 radical (unpaired) electrons. The number of amides is 4. The van der Waals surface area contributed by atoms with Gasteiger partial charge in [0, 0.05) is 0 Å². The lowest BCUT2D eigenvalue weighted by Gasteiger charge is -2.46. The maximum Gasteiger partial charge on any atom is 0.262 e. The molecule has 0 N–H and O–H groups in total. The third kappa shape index (κ3) is 1.76. The summed E-state index contributed by atoms with van der Waals surface area (Å²) in [4.78, 5) is 50.8. The minimum atomic E-state index is -0.995. The van der Waals surface area contributed by atoms with Crippen LogP contribution in [0.3, 0.4) is 0 Å². The standard InChI is InChI=1S/C18H12N2O4/c21-10-19-14(11-6-2-1-3-7-11)15(18(19)24)20-16(22)12-8-4-5-9-13(12)17(20)23/h1-10,14-15H. The van der Waals surface area contributed by atoms with E-state index in [0.717, 1.165) is 9.80 Å². The van der Waals surface area contributed by atoms with Crippen LogP contribution in [-0.4, -0.2) is 40.0 Å². The first-order valence-corrected chi connectivity index (χ1v) is 7.44. The minimum Gasteiger partial charge on any atom is -0.278 e.